The maximum Gasteiger partial charge on any atom is 0.220 e. The van der Waals surface area contributed by atoms with Crippen molar-refractivity contribution in [2.24, 2.45) is 17.3 Å². The summed E-state index contributed by atoms with van der Waals surface area (Å²) in [5.41, 5.74) is 13.5. The van der Waals surface area contributed by atoms with Crippen LogP contribution in [0.1, 0.15) is 117 Å². The predicted molar refractivity (Wildman–Crippen MR) is 184 cm³/mol. The molecule has 242 valence electrons. The molecule has 1 fully saturated rings. The van der Waals surface area contributed by atoms with Crippen molar-refractivity contribution in [3.63, 3.8) is 0 Å². The molecule has 1 aromatic carbocycles. The molecule has 4 atom stereocenters. The first kappa shape index (κ1) is 34.6. The second-order valence-corrected chi connectivity index (χ2v) is 14.8. The van der Waals surface area contributed by atoms with Crippen LogP contribution in [0.2, 0.25) is 0 Å². The maximum absolute atomic E-state index is 11.9. The molecule has 6 heteroatoms. The summed E-state index contributed by atoms with van der Waals surface area (Å²) in [6, 6.07) is 9.77. The van der Waals surface area contributed by atoms with Gasteiger partial charge < -0.3 is 15.9 Å². The van der Waals surface area contributed by atoms with E-state index >= 15 is 0 Å². The number of allylic oxidation sites excluding steroid dienone is 5. The molecule has 1 aromatic heterocycles. The summed E-state index contributed by atoms with van der Waals surface area (Å²) in [7, 11) is 0. The summed E-state index contributed by atoms with van der Waals surface area (Å²) < 4.78 is 0. The van der Waals surface area contributed by atoms with E-state index in [1.54, 1.807) is 0 Å². The molecule has 2 aliphatic carbocycles. The number of nitrogens with zero attached hydrogens (tertiary/aromatic N) is 3. The molecule has 45 heavy (non-hydrogen) atoms. The van der Waals surface area contributed by atoms with Crippen molar-refractivity contribution < 1.29 is 10.2 Å². The SMILES string of the molecule is C/C(=C\CC/C(C)=C/CC/C(C)=C/CC[C@@H]1[C@@]2(C)Cc3c(-c4ccc(C#N)cc4)nc(N)nc3C(C)(C)[C@@H]2CC[C@@]1(C)O)CO. The van der Waals surface area contributed by atoms with E-state index in [-0.39, 0.29) is 29.3 Å². The lowest BCUT2D eigenvalue weighted by Crippen LogP contribution is -2.60. The second-order valence-electron chi connectivity index (χ2n) is 14.8. The topological polar surface area (TPSA) is 116 Å². The highest BCUT2D eigenvalue weighted by atomic mass is 16.3. The van der Waals surface area contributed by atoms with Crippen molar-refractivity contribution in [1.29, 1.82) is 5.26 Å². The number of benzene rings is 1. The smallest absolute Gasteiger partial charge is 0.220 e. The average Bonchev–Trinajstić information content (AvgIpc) is 2.98. The maximum atomic E-state index is 11.9. The van der Waals surface area contributed by atoms with E-state index in [9.17, 15) is 15.5 Å². The van der Waals surface area contributed by atoms with E-state index in [0.717, 1.165) is 85.9 Å². The number of aliphatic hydroxyl groups excluding tert-OH is 1. The normalized spacial score (nSPS) is 26.6. The van der Waals surface area contributed by atoms with Gasteiger partial charge in [-0.3, -0.25) is 0 Å². The van der Waals surface area contributed by atoms with E-state index in [0.29, 0.717) is 11.5 Å². The van der Waals surface area contributed by atoms with E-state index in [1.807, 2.05) is 38.1 Å². The second kappa shape index (κ2) is 14.0. The number of aliphatic hydroxyl groups is 2. The number of hydrogen-bond acceptors (Lipinski definition) is 6. The molecule has 1 heterocycles. The zero-order valence-electron chi connectivity index (χ0n) is 28.6. The summed E-state index contributed by atoms with van der Waals surface area (Å²) in [6.07, 6.45) is 15.3. The molecule has 0 spiro atoms. The number of nitrogens with two attached hydrogens (primary N) is 1. The van der Waals surface area contributed by atoms with Crippen LogP contribution in [-0.2, 0) is 11.8 Å². The third-order valence-corrected chi connectivity index (χ3v) is 10.9. The van der Waals surface area contributed by atoms with Crippen molar-refractivity contribution in [3.8, 4) is 17.3 Å². The van der Waals surface area contributed by atoms with Gasteiger partial charge in [-0.2, -0.15) is 5.26 Å². The molecule has 2 aromatic rings. The van der Waals surface area contributed by atoms with Crippen LogP contribution in [0.4, 0.5) is 5.95 Å². The summed E-state index contributed by atoms with van der Waals surface area (Å²) >= 11 is 0. The van der Waals surface area contributed by atoms with Gasteiger partial charge in [0.2, 0.25) is 5.95 Å². The van der Waals surface area contributed by atoms with Gasteiger partial charge in [0.25, 0.3) is 0 Å². The highest BCUT2D eigenvalue weighted by molar-refractivity contribution is 5.67. The van der Waals surface area contributed by atoms with Gasteiger partial charge in [0.05, 0.1) is 35.2 Å². The molecule has 0 radical (unpaired) electrons. The Hall–Kier alpha value is -3.27. The number of hydrogen-bond donors (Lipinski definition) is 3. The molecule has 1 saturated carbocycles. The van der Waals surface area contributed by atoms with Crippen molar-refractivity contribution >= 4 is 5.95 Å². The first-order valence-corrected chi connectivity index (χ1v) is 16.7. The lowest BCUT2D eigenvalue weighted by atomic mass is 9.44. The molecule has 0 amide bonds. The van der Waals surface area contributed by atoms with E-state index in [1.165, 1.54) is 11.1 Å². The minimum atomic E-state index is -0.757. The predicted octanol–water partition coefficient (Wildman–Crippen LogP) is 8.39. The van der Waals surface area contributed by atoms with Crippen LogP contribution >= 0.6 is 0 Å². The van der Waals surface area contributed by atoms with Gasteiger partial charge in [0, 0.05) is 16.5 Å². The van der Waals surface area contributed by atoms with E-state index in [2.05, 4.69) is 58.9 Å². The highest BCUT2D eigenvalue weighted by Crippen LogP contribution is 2.62. The number of aromatic nitrogens is 2. The summed E-state index contributed by atoms with van der Waals surface area (Å²) in [5, 5.41) is 30.4. The number of nitrogen functional groups attached to an aromatic ring is 1. The minimum Gasteiger partial charge on any atom is -0.392 e. The van der Waals surface area contributed by atoms with Crippen molar-refractivity contribution in [2.75, 3.05) is 12.3 Å². The fourth-order valence-corrected chi connectivity index (χ4v) is 8.51. The van der Waals surface area contributed by atoms with E-state index < -0.39 is 5.60 Å². The Balaban J connectivity index is 1.55. The minimum absolute atomic E-state index is 0.115. The molecule has 2 aliphatic rings. The number of rotatable bonds is 11. The lowest BCUT2D eigenvalue weighted by Gasteiger charge is -2.61. The van der Waals surface area contributed by atoms with Crippen LogP contribution < -0.4 is 5.73 Å². The van der Waals surface area contributed by atoms with Crippen LogP contribution in [-0.4, -0.2) is 32.4 Å². The number of nitriles is 1. The van der Waals surface area contributed by atoms with Gasteiger partial charge >= 0.3 is 0 Å². The third-order valence-electron chi connectivity index (χ3n) is 10.9. The Labute approximate surface area is 271 Å². The van der Waals surface area contributed by atoms with Gasteiger partial charge in [0.15, 0.2) is 0 Å². The highest BCUT2D eigenvalue weighted by Gasteiger charge is 2.60. The largest absolute Gasteiger partial charge is 0.392 e. The Morgan fingerprint density at radius 3 is 2.16 bits per heavy atom. The molecule has 0 saturated heterocycles. The van der Waals surface area contributed by atoms with Gasteiger partial charge in [-0.15, -0.1) is 0 Å². The Morgan fingerprint density at radius 1 is 0.956 bits per heavy atom. The molecule has 0 aliphatic heterocycles. The molecule has 0 unspecified atom stereocenters. The molecular weight excluding hydrogens is 556 g/mol. The van der Waals surface area contributed by atoms with Crippen LogP contribution in [0.25, 0.3) is 11.3 Å². The fraction of sp³-hybridized carbons (Fsp3) is 0.564. The number of anilines is 1. The van der Waals surface area contributed by atoms with Gasteiger partial charge in [-0.1, -0.05) is 67.9 Å². The monoisotopic (exact) mass is 610 g/mol. The van der Waals surface area contributed by atoms with Crippen LogP contribution in [0.15, 0.2) is 59.2 Å². The van der Waals surface area contributed by atoms with Crippen LogP contribution in [0.3, 0.4) is 0 Å². The first-order valence-electron chi connectivity index (χ1n) is 16.7. The lowest BCUT2D eigenvalue weighted by molar-refractivity contribution is -0.144. The number of fused-ring (bicyclic) bond motifs is 2. The molecular formula is C39H54N4O2. The van der Waals surface area contributed by atoms with Gasteiger partial charge in [-0.05, 0) is 115 Å². The van der Waals surface area contributed by atoms with Crippen molar-refractivity contribution in [1.82, 2.24) is 9.97 Å². The first-order chi connectivity index (χ1) is 21.2. The molecule has 4 N–H and O–H groups in total. The zero-order chi connectivity index (χ0) is 33.0. The quantitative estimate of drug-likeness (QED) is 0.220. The summed E-state index contributed by atoms with van der Waals surface area (Å²) in [5.74, 6) is 0.743. The standard InChI is InChI=1S/C39H54N4O2/c1-26(13-9-15-28(3)25-44)11-8-12-27(2)14-10-16-33-38(6)23-31-34(30-19-17-29(24-40)18-20-30)42-36(41)43-35(31)37(4,5)32(38)21-22-39(33,7)45/h11,14-15,17-20,32-33,44-45H,8-10,12-13,16,21-23,25H2,1-7H3,(H2,41,42,43)/b26-11+,27-14+,28-15+/t32-,33+,38-,39+/m0/s1. The fourth-order valence-electron chi connectivity index (χ4n) is 8.51. The molecule has 0 bridgehead atoms. The van der Waals surface area contributed by atoms with Crippen LogP contribution in [0.5, 0.6) is 0 Å². The molecule has 6 nitrogen and oxygen atoms in total. The summed E-state index contributed by atoms with van der Waals surface area (Å²) in [4.78, 5) is 9.61. The Bertz CT molecular complexity index is 1490. The Kier molecular flexibility index (Phi) is 10.8. The van der Waals surface area contributed by atoms with Crippen molar-refractivity contribution in [3.05, 3.63) is 76.0 Å². The molecule has 4 rings (SSSR count). The van der Waals surface area contributed by atoms with Crippen molar-refractivity contribution in [2.45, 2.75) is 117 Å². The average molecular weight is 611 g/mol. The Morgan fingerprint density at radius 2 is 1.56 bits per heavy atom. The summed E-state index contributed by atoms with van der Waals surface area (Å²) in [6.45, 7) is 15.5. The van der Waals surface area contributed by atoms with Gasteiger partial charge in [-0.25, -0.2) is 9.97 Å². The third kappa shape index (κ3) is 7.59. The zero-order valence-corrected chi connectivity index (χ0v) is 28.6. The van der Waals surface area contributed by atoms with E-state index in [4.69, 9.17) is 15.7 Å². The van der Waals surface area contributed by atoms with Crippen LogP contribution in [0, 0.1) is 28.6 Å². The van der Waals surface area contributed by atoms with Gasteiger partial charge in [0.1, 0.15) is 0 Å².